The zero-order valence-electron chi connectivity index (χ0n) is 35.6. The fourth-order valence-electron chi connectivity index (χ4n) is 12.1. The first-order valence-corrected chi connectivity index (χ1v) is 22.8. The van der Waals surface area contributed by atoms with Crippen molar-refractivity contribution in [2.24, 2.45) is 0 Å². The molecule has 0 amide bonds. The summed E-state index contributed by atoms with van der Waals surface area (Å²) in [5.41, 5.74) is 14.5. The zero-order valence-corrected chi connectivity index (χ0v) is 35.6. The van der Waals surface area contributed by atoms with Gasteiger partial charge in [0.25, 0.3) is 0 Å². The summed E-state index contributed by atoms with van der Waals surface area (Å²) < 4.78 is 9.91. The number of nitrogens with zero attached hydrogens (tertiary/aromatic N) is 4. The summed E-state index contributed by atoms with van der Waals surface area (Å²) in [5.74, 6) is 0. The van der Waals surface area contributed by atoms with Gasteiger partial charge < -0.3 is 18.1 Å². The van der Waals surface area contributed by atoms with Crippen LogP contribution in [0.15, 0.2) is 218 Å². The van der Waals surface area contributed by atoms with Crippen LogP contribution in [0.2, 0.25) is 0 Å². The number of hydrogen-bond donors (Lipinski definition) is 0. The summed E-state index contributed by atoms with van der Waals surface area (Å²) in [6.45, 7) is 0. The van der Waals surface area contributed by atoms with E-state index in [0.717, 1.165) is 17.1 Å². The van der Waals surface area contributed by atoms with Gasteiger partial charge >= 0.3 is 0 Å². The third kappa shape index (κ3) is 4.38. The highest BCUT2D eigenvalue weighted by Crippen LogP contribution is 2.48. The minimum atomic E-state index is 1.16. The van der Waals surface area contributed by atoms with E-state index < -0.39 is 0 Å². The Morgan fingerprint density at radius 1 is 0.212 bits per heavy atom. The fourth-order valence-corrected chi connectivity index (χ4v) is 12.1. The highest BCUT2D eigenvalue weighted by Gasteiger charge is 2.25. The summed E-state index contributed by atoms with van der Waals surface area (Å²) >= 11 is 0. The Morgan fingerprint density at radius 2 is 0.636 bits per heavy atom. The smallest absolute Gasteiger partial charge is 0.0628 e. The van der Waals surface area contributed by atoms with Crippen LogP contribution in [0, 0.1) is 0 Å². The van der Waals surface area contributed by atoms with Gasteiger partial charge in [0, 0.05) is 70.9 Å². The van der Waals surface area contributed by atoms with Gasteiger partial charge in [-0.15, -0.1) is 0 Å². The van der Waals surface area contributed by atoms with Crippen LogP contribution in [0.25, 0.3) is 142 Å². The number of hydrogen-bond acceptors (Lipinski definition) is 0. The molecule has 4 heteroatoms. The van der Waals surface area contributed by atoms with E-state index in [1.54, 1.807) is 0 Å². The van der Waals surface area contributed by atoms with E-state index in [0.29, 0.717) is 0 Å². The van der Waals surface area contributed by atoms with Crippen molar-refractivity contribution in [3.05, 3.63) is 218 Å². The van der Waals surface area contributed by atoms with Crippen LogP contribution in [0.3, 0.4) is 0 Å². The minimum absolute atomic E-state index is 1.16. The lowest BCUT2D eigenvalue weighted by molar-refractivity contribution is 1.18. The molecule has 0 saturated carbocycles. The average Bonchev–Trinajstić information content (AvgIpc) is 4.16. The zero-order chi connectivity index (χ0) is 42.8. The predicted octanol–water partition coefficient (Wildman–Crippen LogP) is 16.4. The predicted molar refractivity (Wildman–Crippen MR) is 279 cm³/mol. The van der Waals surface area contributed by atoms with Crippen LogP contribution in [0.1, 0.15) is 0 Å². The first-order chi connectivity index (χ1) is 32.7. The van der Waals surface area contributed by atoms with Gasteiger partial charge in [-0.2, -0.15) is 0 Å². The van der Waals surface area contributed by atoms with Gasteiger partial charge in [-0.05, 0) is 119 Å². The molecule has 16 aromatic rings. The maximum absolute atomic E-state index is 2.59. The van der Waals surface area contributed by atoms with Crippen LogP contribution in [0.5, 0.6) is 0 Å². The van der Waals surface area contributed by atoms with Crippen molar-refractivity contribution in [1.82, 2.24) is 18.1 Å². The Labute approximate surface area is 376 Å². The molecule has 0 N–H and O–H groups in total. The Hall–Kier alpha value is -8.86. The van der Waals surface area contributed by atoms with Crippen molar-refractivity contribution in [3.8, 4) is 17.1 Å². The minimum Gasteiger partial charge on any atom is -0.309 e. The molecular formula is C62H36N4. The summed E-state index contributed by atoms with van der Waals surface area (Å²) in [7, 11) is 0. The van der Waals surface area contributed by atoms with E-state index in [2.05, 4.69) is 236 Å². The highest BCUT2D eigenvalue weighted by molar-refractivity contribution is 6.37. The van der Waals surface area contributed by atoms with E-state index in [4.69, 9.17) is 0 Å². The third-order valence-electron chi connectivity index (χ3n) is 14.8. The molecule has 0 unspecified atom stereocenters. The summed E-state index contributed by atoms with van der Waals surface area (Å²) in [5, 5.41) is 17.6. The lowest BCUT2D eigenvalue weighted by Gasteiger charge is -2.11. The van der Waals surface area contributed by atoms with Crippen molar-refractivity contribution in [1.29, 1.82) is 0 Å². The molecule has 0 saturated heterocycles. The van der Waals surface area contributed by atoms with Crippen molar-refractivity contribution < 1.29 is 0 Å². The summed E-state index contributed by atoms with van der Waals surface area (Å²) in [6.07, 6.45) is 0. The summed E-state index contributed by atoms with van der Waals surface area (Å²) in [6, 6.07) is 81.3. The molecule has 11 aromatic carbocycles. The lowest BCUT2D eigenvalue weighted by atomic mass is 9.99. The van der Waals surface area contributed by atoms with E-state index in [9.17, 15) is 0 Å². The maximum Gasteiger partial charge on any atom is 0.0628 e. The first-order valence-electron chi connectivity index (χ1n) is 22.8. The molecule has 4 nitrogen and oxygen atoms in total. The molecule has 0 aliphatic carbocycles. The van der Waals surface area contributed by atoms with Crippen molar-refractivity contribution in [2.75, 3.05) is 0 Å². The van der Waals surface area contributed by atoms with Crippen LogP contribution in [-0.2, 0) is 0 Å². The molecule has 16 rings (SSSR count). The van der Waals surface area contributed by atoms with Gasteiger partial charge in [-0.1, -0.05) is 121 Å². The molecule has 0 fully saturated rings. The molecule has 5 aromatic heterocycles. The van der Waals surface area contributed by atoms with Crippen LogP contribution in [0.4, 0.5) is 0 Å². The monoisotopic (exact) mass is 836 g/mol. The molecule has 304 valence electrons. The number of aromatic nitrogens is 4. The number of para-hydroxylation sites is 6. The number of fused-ring (bicyclic) bond motifs is 18. The second-order valence-corrected chi connectivity index (χ2v) is 18.1. The molecule has 5 heterocycles. The lowest BCUT2D eigenvalue weighted by Crippen LogP contribution is -1.94. The Balaban J connectivity index is 1.04. The van der Waals surface area contributed by atoms with Gasteiger partial charge in [-0.25, -0.2) is 0 Å². The van der Waals surface area contributed by atoms with E-state index in [1.165, 1.54) is 125 Å². The first kappa shape index (κ1) is 34.6. The Bertz CT molecular complexity index is 4640. The van der Waals surface area contributed by atoms with E-state index in [1.807, 2.05) is 0 Å². The second-order valence-electron chi connectivity index (χ2n) is 18.1. The molecule has 0 radical (unpaired) electrons. The Kier molecular flexibility index (Phi) is 6.52. The van der Waals surface area contributed by atoms with Crippen molar-refractivity contribution >= 4 is 125 Å². The largest absolute Gasteiger partial charge is 0.309 e. The van der Waals surface area contributed by atoms with Gasteiger partial charge in [0.2, 0.25) is 0 Å². The van der Waals surface area contributed by atoms with Crippen LogP contribution in [-0.4, -0.2) is 18.1 Å². The quantitative estimate of drug-likeness (QED) is 0.169. The summed E-state index contributed by atoms with van der Waals surface area (Å²) in [4.78, 5) is 0. The van der Waals surface area contributed by atoms with Crippen molar-refractivity contribution in [2.45, 2.75) is 0 Å². The third-order valence-corrected chi connectivity index (χ3v) is 14.8. The van der Waals surface area contributed by atoms with Crippen LogP contribution < -0.4 is 0 Å². The average molecular weight is 837 g/mol. The van der Waals surface area contributed by atoms with Gasteiger partial charge in [0.1, 0.15) is 0 Å². The molecule has 0 aliphatic heterocycles. The molecule has 0 spiro atoms. The Morgan fingerprint density at radius 3 is 1.17 bits per heavy atom. The van der Waals surface area contributed by atoms with Crippen molar-refractivity contribution in [3.63, 3.8) is 0 Å². The number of rotatable bonds is 3. The SMILES string of the molecule is c1ccc(-n2c3ccccc3c3c4c5cc6ccc(-n7c8ccccc8c8ccccc87)cc6cc5n5c6cc7cc(-n8c9ccccc9c9ccccc98)ccc7cc6c(cc32)c45)cc1. The van der Waals surface area contributed by atoms with Gasteiger partial charge in [0.05, 0.1) is 49.7 Å². The molecule has 0 bridgehead atoms. The molecular weight excluding hydrogens is 801 g/mol. The molecule has 0 aliphatic rings. The van der Waals surface area contributed by atoms with Crippen LogP contribution >= 0.6 is 0 Å². The number of benzene rings is 11. The van der Waals surface area contributed by atoms with Gasteiger partial charge in [0.15, 0.2) is 0 Å². The standard InChI is InChI=1S/C62H36N4/c1-2-14-41(15-3-1)63-56-25-13-8-20-48(56)60-59(63)36-50-49-32-37-26-28-42(64-52-21-9-4-16-44(52)45-17-5-10-22-53(45)64)30-39(37)34-57(49)66-58-35-40-31-43(29-27-38(40)33-51(58)61(60)62(50)66)65-54-23-11-6-18-46(54)47-19-7-12-24-55(47)65/h1-36H. The highest BCUT2D eigenvalue weighted by atomic mass is 15.0. The van der Waals surface area contributed by atoms with E-state index in [-0.39, 0.29) is 0 Å². The second kappa shape index (κ2) is 12.4. The van der Waals surface area contributed by atoms with Gasteiger partial charge in [-0.3, -0.25) is 0 Å². The van der Waals surface area contributed by atoms with E-state index >= 15 is 0 Å². The fraction of sp³-hybridized carbons (Fsp3) is 0. The normalized spacial score (nSPS) is 12.5. The topological polar surface area (TPSA) is 19.2 Å². The molecule has 0 atom stereocenters. The molecule has 66 heavy (non-hydrogen) atoms. The maximum atomic E-state index is 2.59.